The van der Waals surface area contributed by atoms with E-state index in [1.807, 2.05) is 35.2 Å². The average Bonchev–Trinajstić information content (AvgIpc) is 2.99. The molecule has 4 nitrogen and oxygen atoms in total. The van der Waals surface area contributed by atoms with Gasteiger partial charge >= 0.3 is 0 Å². The van der Waals surface area contributed by atoms with Crippen molar-refractivity contribution in [3.63, 3.8) is 0 Å². The fourth-order valence-corrected chi connectivity index (χ4v) is 2.24. The van der Waals surface area contributed by atoms with Crippen molar-refractivity contribution >= 4 is 0 Å². The quantitative estimate of drug-likeness (QED) is 0.721. The summed E-state index contributed by atoms with van der Waals surface area (Å²) < 4.78 is 32.2. The Bertz CT molecular complexity index is 790. The van der Waals surface area contributed by atoms with E-state index in [4.69, 9.17) is 4.42 Å². The molecular formula is C17H15F2N3O. The minimum atomic E-state index is -0.585. The van der Waals surface area contributed by atoms with Crippen LogP contribution in [-0.4, -0.2) is 22.1 Å². The highest BCUT2D eigenvalue weighted by Gasteiger charge is 2.12. The van der Waals surface area contributed by atoms with E-state index in [1.165, 1.54) is 12.1 Å². The molecule has 0 amide bonds. The Balaban J connectivity index is 1.66. The predicted molar refractivity (Wildman–Crippen MR) is 81.3 cm³/mol. The molecule has 0 aliphatic heterocycles. The fraction of sp³-hybridized carbons (Fsp3) is 0.176. The molecule has 1 aromatic heterocycles. The molecule has 0 atom stereocenters. The highest BCUT2D eigenvalue weighted by atomic mass is 19.1. The van der Waals surface area contributed by atoms with Crippen molar-refractivity contribution in [3.05, 3.63) is 71.6 Å². The highest BCUT2D eigenvalue weighted by Crippen LogP contribution is 2.18. The normalized spacial score (nSPS) is 11.1. The summed E-state index contributed by atoms with van der Waals surface area (Å²) in [7, 11) is 1.80. The molecule has 0 spiro atoms. The smallest absolute Gasteiger partial charge is 0.247 e. The summed E-state index contributed by atoms with van der Waals surface area (Å²) in [6.07, 6.45) is 0. The van der Waals surface area contributed by atoms with Crippen molar-refractivity contribution < 1.29 is 13.2 Å². The number of hydrogen-bond acceptors (Lipinski definition) is 4. The van der Waals surface area contributed by atoms with Crippen LogP contribution in [0.25, 0.3) is 11.5 Å². The van der Waals surface area contributed by atoms with Crippen LogP contribution >= 0.6 is 0 Å². The summed E-state index contributed by atoms with van der Waals surface area (Å²) in [5.41, 5.74) is 1.26. The minimum Gasteiger partial charge on any atom is -0.419 e. The molecule has 0 fully saturated rings. The van der Waals surface area contributed by atoms with Crippen molar-refractivity contribution in [3.8, 4) is 11.5 Å². The molecule has 0 N–H and O–H groups in total. The lowest BCUT2D eigenvalue weighted by Gasteiger charge is -2.14. The lowest BCUT2D eigenvalue weighted by Crippen LogP contribution is -2.18. The van der Waals surface area contributed by atoms with Crippen molar-refractivity contribution in [2.75, 3.05) is 7.05 Å². The minimum absolute atomic E-state index is 0.315. The largest absolute Gasteiger partial charge is 0.419 e. The van der Waals surface area contributed by atoms with Gasteiger partial charge in [0, 0.05) is 23.7 Å². The lowest BCUT2D eigenvalue weighted by molar-refractivity contribution is 0.279. The first-order chi connectivity index (χ1) is 11.1. The molecule has 0 unspecified atom stereocenters. The van der Waals surface area contributed by atoms with E-state index >= 15 is 0 Å². The van der Waals surface area contributed by atoms with Crippen LogP contribution in [0.1, 0.15) is 11.5 Å². The number of halogens is 2. The van der Waals surface area contributed by atoms with Crippen molar-refractivity contribution in [1.29, 1.82) is 0 Å². The third-order valence-electron chi connectivity index (χ3n) is 3.35. The summed E-state index contributed by atoms with van der Waals surface area (Å²) >= 11 is 0. The zero-order valence-corrected chi connectivity index (χ0v) is 12.5. The van der Waals surface area contributed by atoms with Gasteiger partial charge in [-0.25, -0.2) is 8.78 Å². The Kier molecular flexibility index (Phi) is 4.43. The molecule has 0 saturated carbocycles. The van der Waals surface area contributed by atoms with E-state index in [1.54, 1.807) is 7.05 Å². The van der Waals surface area contributed by atoms with Gasteiger partial charge in [0.15, 0.2) is 0 Å². The first-order valence-corrected chi connectivity index (χ1v) is 7.12. The number of nitrogens with zero attached hydrogens (tertiary/aromatic N) is 3. The Morgan fingerprint density at radius 2 is 1.78 bits per heavy atom. The molecule has 1 heterocycles. The number of rotatable bonds is 5. The molecule has 0 aliphatic rings. The first-order valence-electron chi connectivity index (χ1n) is 7.12. The van der Waals surface area contributed by atoms with Gasteiger partial charge in [-0.15, -0.1) is 10.2 Å². The number of benzene rings is 2. The summed E-state index contributed by atoms with van der Waals surface area (Å²) in [6, 6.07) is 13.0. The molecule has 6 heteroatoms. The highest BCUT2D eigenvalue weighted by molar-refractivity contribution is 5.51. The van der Waals surface area contributed by atoms with Crippen molar-refractivity contribution in [2.45, 2.75) is 13.1 Å². The molecular weight excluding hydrogens is 300 g/mol. The van der Waals surface area contributed by atoms with E-state index in [9.17, 15) is 8.78 Å². The third-order valence-corrected chi connectivity index (χ3v) is 3.35. The fourth-order valence-electron chi connectivity index (χ4n) is 2.24. The molecule has 0 bridgehead atoms. The summed E-state index contributed by atoms with van der Waals surface area (Å²) in [5.74, 6) is -0.263. The Hall–Kier alpha value is -2.60. The second-order valence-corrected chi connectivity index (χ2v) is 5.28. The van der Waals surface area contributed by atoms with Gasteiger partial charge in [-0.2, -0.15) is 0 Å². The van der Waals surface area contributed by atoms with Gasteiger partial charge in [0.1, 0.15) is 11.6 Å². The molecule has 23 heavy (non-hydrogen) atoms. The number of hydrogen-bond donors (Lipinski definition) is 0. The second kappa shape index (κ2) is 6.66. The van der Waals surface area contributed by atoms with E-state index in [0.717, 1.165) is 11.6 Å². The van der Waals surface area contributed by atoms with Gasteiger partial charge in [-0.05, 0) is 25.2 Å². The molecule has 0 aliphatic carbocycles. The Morgan fingerprint density at radius 3 is 2.52 bits per heavy atom. The second-order valence-electron chi connectivity index (χ2n) is 5.28. The van der Waals surface area contributed by atoms with E-state index in [2.05, 4.69) is 10.2 Å². The van der Waals surface area contributed by atoms with Crippen LogP contribution in [0.3, 0.4) is 0 Å². The Morgan fingerprint density at radius 1 is 1.00 bits per heavy atom. The zero-order valence-electron chi connectivity index (χ0n) is 12.5. The van der Waals surface area contributed by atoms with Crippen LogP contribution in [0.2, 0.25) is 0 Å². The standard InChI is InChI=1S/C17H15F2N3O/c1-22(10-13-7-8-14(18)9-15(13)19)11-16-20-21-17(23-16)12-5-3-2-4-6-12/h2-9H,10-11H2,1H3. The SMILES string of the molecule is CN(Cc1nnc(-c2ccccc2)o1)Cc1ccc(F)cc1F. The van der Waals surface area contributed by atoms with Crippen LogP contribution in [0.4, 0.5) is 8.78 Å². The molecule has 0 radical (unpaired) electrons. The summed E-state index contributed by atoms with van der Waals surface area (Å²) in [6.45, 7) is 0.686. The molecule has 3 rings (SSSR count). The average molecular weight is 315 g/mol. The Labute approximate surface area is 132 Å². The van der Waals surface area contributed by atoms with Crippen LogP contribution in [0.5, 0.6) is 0 Å². The van der Waals surface area contributed by atoms with E-state index < -0.39 is 11.6 Å². The zero-order chi connectivity index (χ0) is 16.2. The van der Waals surface area contributed by atoms with E-state index in [0.29, 0.717) is 30.4 Å². The van der Waals surface area contributed by atoms with Crippen molar-refractivity contribution in [1.82, 2.24) is 15.1 Å². The molecule has 2 aromatic carbocycles. The molecule has 118 valence electrons. The molecule has 3 aromatic rings. The van der Waals surface area contributed by atoms with Gasteiger partial charge in [-0.3, -0.25) is 4.90 Å². The number of aromatic nitrogens is 2. The maximum Gasteiger partial charge on any atom is 0.247 e. The van der Waals surface area contributed by atoms with Crippen LogP contribution in [0.15, 0.2) is 52.9 Å². The van der Waals surface area contributed by atoms with E-state index in [-0.39, 0.29) is 0 Å². The van der Waals surface area contributed by atoms with Gasteiger partial charge in [0.05, 0.1) is 6.54 Å². The van der Waals surface area contributed by atoms with Crippen LogP contribution in [0, 0.1) is 11.6 Å². The van der Waals surface area contributed by atoms with Gasteiger partial charge < -0.3 is 4.42 Å². The molecule has 0 saturated heterocycles. The van der Waals surface area contributed by atoms with Crippen LogP contribution < -0.4 is 0 Å². The monoisotopic (exact) mass is 315 g/mol. The van der Waals surface area contributed by atoms with Crippen LogP contribution in [-0.2, 0) is 13.1 Å². The lowest BCUT2D eigenvalue weighted by atomic mass is 10.2. The predicted octanol–water partition coefficient (Wildman–Crippen LogP) is 3.65. The maximum absolute atomic E-state index is 13.7. The maximum atomic E-state index is 13.7. The first kappa shape index (κ1) is 15.3. The summed E-state index contributed by atoms with van der Waals surface area (Å²) in [4.78, 5) is 1.82. The third kappa shape index (κ3) is 3.78. The van der Waals surface area contributed by atoms with Gasteiger partial charge in [-0.1, -0.05) is 24.3 Å². The topological polar surface area (TPSA) is 42.2 Å². The summed E-state index contributed by atoms with van der Waals surface area (Å²) in [5, 5.41) is 8.01. The van der Waals surface area contributed by atoms with Gasteiger partial charge in [0.2, 0.25) is 11.8 Å². The van der Waals surface area contributed by atoms with Crippen molar-refractivity contribution in [2.24, 2.45) is 0 Å². The van der Waals surface area contributed by atoms with Gasteiger partial charge in [0.25, 0.3) is 0 Å².